The van der Waals surface area contributed by atoms with Gasteiger partial charge in [-0.1, -0.05) is 17.4 Å². The van der Waals surface area contributed by atoms with Gasteiger partial charge in [0.15, 0.2) is 0 Å². The van der Waals surface area contributed by atoms with Crippen molar-refractivity contribution in [2.24, 2.45) is 0 Å². The number of aromatic nitrogens is 1. The predicted octanol–water partition coefficient (Wildman–Crippen LogP) is 4.74. The monoisotopic (exact) mass is 455 g/mol. The molecule has 3 aromatic rings. The molecule has 0 radical (unpaired) electrons. The SMILES string of the molecule is CC(=O)NC1CC2CC[C@H](C1)N2CCOc1ccc(Oc2nc3c(F)cccc3s2)cc1. The van der Waals surface area contributed by atoms with Crippen molar-refractivity contribution in [1.29, 1.82) is 0 Å². The molecule has 8 heteroatoms. The van der Waals surface area contributed by atoms with E-state index in [-0.39, 0.29) is 11.7 Å². The van der Waals surface area contributed by atoms with Crippen LogP contribution < -0.4 is 14.8 Å². The fourth-order valence-corrected chi connectivity index (χ4v) is 5.81. The zero-order chi connectivity index (χ0) is 22.1. The molecule has 2 saturated heterocycles. The first-order valence-corrected chi connectivity index (χ1v) is 11.9. The zero-order valence-electron chi connectivity index (χ0n) is 17.9. The zero-order valence-corrected chi connectivity index (χ0v) is 18.7. The number of carbonyl (C=O) groups is 1. The average Bonchev–Trinajstić information content (AvgIpc) is 3.27. The first kappa shape index (κ1) is 21.2. The Bertz CT molecular complexity index is 1090. The Morgan fingerprint density at radius 1 is 1.16 bits per heavy atom. The maximum atomic E-state index is 13.8. The summed E-state index contributed by atoms with van der Waals surface area (Å²) in [6.45, 7) is 3.10. The van der Waals surface area contributed by atoms with Crippen molar-refractivity contribution in [3.8, 4) is 16.7 Å². The number of piperidine rings is 1. The molecule has 2 bridgehead atoms. The minimum absolute atomic E-state index is 0.0638. The van der Waals surface area contributed by atoms with Crippen LogP contribution in [0.3, 0.4) is 0 Å². The van der Waals surface area contributed by atoms with Crippen LogP contribution in [0.2, 0.25) is 0 Å². The van der Waals surface area contributed by atoms with Gasteiger partial charge in [-0.05, 0) is 62.1 Å². The highest BCUT2D eigenvalue weighted by Crippen LogP contribution is 2.36. The van der Waals surface area contributed by atoms with E-state index in [9.17, 15) is 9.18 Å². The van der Waals surface area contributed by atoms with E-state index in [0.717, 1.165) is 29.8 Å². The molecule has 6 nitrogen and oxygen atoms in total. The Labute approximate surface area is 190 Å². The van der Waals surface area contributed by atoms with Gasteiger partial charge in [0, 0.05) is 31.6 Å². The summed E-state index contributed by atoms with van der Waals surface area (Å²) in [5, 5.41) is 3.50. The van der Waals surface area contributed by atoms with Crippen LogP contribution >= 0.6 is 11.3 Å². The van der Waals surface area contributed by atoms with Crippen LogP contribution in [0.4, 0.5) is 4.39 Å². The molecule has 0 saturated carbocycles. The van der Waals surface area contributed by atoms with Crippen LogP contribution in [0.1, 0.15) is 32.6 Å². The number of thiazole rings is 1. The number of benzene rings is 2. The van der Waals surface area contributed by atoms with Gasteiger partial charge in [0.05, 0.1) is 4.70 Å². The van der Waals surface area contributed by atoms with Crippen molar-refractivity contribution < 1.29 is 18.7 Å². The number of carbonyl (C=O) groups excluding carboxylic acids is 1. The predicted molar refractivity (Wildman–Crippen MR) is 122 cm³/mol. The second-order valence-electron chi connectivity index (χ2n) is 8.48. The smallest absolute Gasteiger partial charge is 0.279 e. The van der Waals surface area contributed by atoms with E-state index in [1.165, 1.54) is 30.2 Å². The number of fused-ring (bicyclic) bond motifs is 3. The van der Waals surface area contributed by atoms with Crippen molar-refractivity contribution >= 4 is 27.5 Å². The van der Waals surface area contributed by atoms with E-state index < -0.39 is 0 Å². The number of ether oxygens (including phenoxy) is 2. The Hall–Kier alpha value is -2.71. The number of hydrogen-bond donors (Lipinski definition) is 1. The molecule has 2 aliphatic heterocycles. The number of rotatable bonds is 7. The number of amides is 1. The first-order chi connectivity index (χ1) is 15.5. The van der Waals surface area contributed by atoms with Gasteiger partial charge < -0.3 is 14.8 Å². The normalized spacial score (nSPS) is 22.8. The van der Waals surface area contributed by atoms with E-state index in [1.54, 1.807) is 13.0 Å². The molecule has 0 aliphatic carbocycles. The first-order valence-electron chi connectivity index (χ1n) is 11.0. The number of hydrogen-bond acceptors (Lipinski definition) is 6. The van der Waals surface area contributed by atoms with E-state index in [4.69, 9.17) is 9.47 Å². The number of nitrogens with one attached hydrogen (secondary N) is 1. The second kappa shape index (κ2) is 9.03. The number of para-hydroxylation sites is 1. The van der Waals surface area contributed by atoms with Crippen LogP contribution in [-0.4, -0.2) is 47.1 Å². The third-order valence-electron chi connectivity index (χ3n) is 6.29. The van der Waals surface area contributed by atoms with E-state index >= 15 is 0 Å². The van der Waals surface area contributed by atoms with Crippen LogP contribution in [-0.2, 0) is 4.79 Å². The molecule has 1 N–H and O–H groups in total. The molecule has 32 heavy (non-hydrogen) atoms. The van der Waals surface area contributed by atoms with Gasteiger partial charge in [-0.15, -0.1) is 0 Å². The molecule has 3 atom stereocenters. The van der Waals surface area contributed by atoms with Gasteiger partial charge in [0.1, 0.15) is 29.4 Å². The van der Waals surface area contributed by atoms with Gasteiger partial charge in [0.25, 0.3) is 5.19 Å². The average molecular weight is 456 g/mol. The lowest BCUT2D eigenvalue weighted by Crippen LogP contribution is -2.51. The topological polar surface area (TPSA) is 63.7 Å². The summed E-state index contributed by atoms with van der Waals surface area (Å²) in [4.78, 5) is 18.1. The van der Waals surface area contributed by atoms with Crippen molar-refractivity contribution in [3.05, 3.63) is 48.3 Å². The number of nitrogens with zero attached hydrogens (tertiary/aromatic N) is 2. The third kappa shape index (κ3) is 4.56. The summed E-state index contributed by atoms with van der Waals surface area (Å²) in [7, 11) is 0. The summed E-state index contributed by atoms with van der Waals surface area (Å²) >= 11 is 1.32. The van der Waals surface area contributed by atoms with Gasteiger partial charge in [-0.25, -0.2) is 4.39 Å². The molecule has 168 valence electrons. The molecular weight excluding hydrogens is 429 g/mol. The largest absolute Gasteiger partial charge is 0.492 e. The molecule has 5 rings (SSSR count). The van der Waals surface area contributed by atoms with Gasteiger partial charge in [-0.3, -0.25) is 9.69 Å². The van der Waals surface area contributed by atoms with Crippen molar-refractivity contribution in [2.45, 2.75) is 50.7 Å². The summed E-state index contributed by atoms with van der Waals surface area (Å²) in [6, 6.07) is 13.7. The summed E-state index contributed by atoms with van der Waals surface area (Å²) in [5.41, 5.74) is 0.336. The fourth-order valence-electron chi connectivity index (χ4n) is 4.96. The van der Waals surface area contributed by atoms with E-state index in [2.05, 4.69) is 15.2 Å². The Morgan fingerprint density at radius 3 is 2.56 bits per heavy atom. The summed E-state index contributed by atoms with van der Waals surface area (Å²) < 4.78 is 26.3. The molecule has 1 aromatic heterocycles. The Morgan fingerprint density at radius 2 is 1.88 bits per heavy atom. The van der Waals surface area contributed by atoms with Crippen molar-refractivity contribution in [3.63, 3.8) is 0 Å². The minimum Gasteiger partial charge on any atom is -0.492 e. The van der Waals surface area contributed by atoms with Crippen LogP contribution in [0.5, 0.6) is 16.7 Å². The van der Waals surface area contributed by atoms with E-state index in [0.29, 0.717) is 41.2 Å². The summed E-state index contributed by atoms with van der Waals surface area (Å²) in [5.74, 6) is 1.14. The molecule has 0 spiro atoms. The maximum Gasteiger partial charge on any atom is 0.279 e. The number of halogens is 1. The lowest BCUT2D eigenvalue weighted by Gasteiger charge is -2.39. The molecule has 2 fully saturated rings. The van der Waals surface area contributed by atoms with E-state index in [1.807, 2.05) is 30.3 Å². The highest BCUT2D eigenvalue weighted by molar-refractivity contribution is 7.20. The lowest BCUT2D eigenvalue weighted by atomic mass is 9.97. The highest BCUT2D eigenvalue weighted by Gasteiger charge is 2.40. The van der Waals surface area contributed by atoms with Gasteiger partial charge in [0.2, 0.25) is 5.91 Å². The Kier molecular flexibility index (Phi) is 5.97. The molecule has 3 heterocycles. The Balaban J connectivity index is 1.12. The minimum atomic E-state index is -0.342. The second-order valence-corrected chi connectivity index (χ2v) is 9.47. The lowest BCUT2D eigenvalue weighted by molar-refractivity contribution is -0.120. The fraction of sp³-hybridized carbons (Fsp3) is 0.417. The molecular formula is C24H26FN3O3S. The van der Waals surface area contributed by atoms with Crippen LogP contribution in [0, 0.1) is 5.82 Å². The molecule has 2 aromatic carbocycles. The van der Waals surface area contributed by atoms with Crippen LogP contribution in [0.25, 0.3) is 10.2 Å². The van der Waals surface area contributed by atoms with Crippen molar-refractivity contribution in [2.75, 3.05) is 13.2 Å². The van der Waals surface area contributed by atoms with Gasteiger partial charge in [-0.2, -0.15) is 4.98 Å². The maximum absolute atomic E-state index is 13.8. The molecule has 1 amide bonds. The molecule has 2 aliphatic rings. The standard InChI is InChI=1S/C24H26FN3O3S/c1-15(29)26-16-13-17-5-6-18(14-16)28(17)11-12-30-19-7-9-20(10-8-19)31-24-27-23-21(25)3-2-4-22(23)32-24/h2-4,7-10,16-18H,5-6,11-14H2,1H3,(H,26,29)/t16?,17-,18?/m1/s1. The van der Waals surface area contributed by atoms with Gasteiger partial charge >= 0.3 is 0 Å². The third-order valence-corrected chi connectivity index (χ3v) is 7.19. The van der Waals surface area contributed by atoms with Crippen LogP contribution in [0.15, 0.2) is 42.5 Å². The highest BCUT2D eigenvalue weighted by atomic mass is 32.1. The van der Waals surface area contributed by atoms with Crippen molar-refractivity contribution in [1.82, 2.24) is 15.2 Å². The summed E-state index contributed by atoms with van der Waals surface area (Å²) in [6.07, 6.45) is 4.44. The molecule has 2 unspecified atom stereocenters. The quantitative estimate of drug-likeness (QED) is 0.558.